The maximum Gasteiger partial charge on any atom is 0.163 e. The molecule has 1 aromatic heterocycles. The number of hydrogen-bond acceptors (Lipinski definition) is 3. The molecular formula is C19H24F2N4. The molecule has 0 spiro atoms. The van der Waals surface area contributed by atoms with E-state index in [0.717, 1.165) is 50.5 Å². The molecule has 2 aliphatic rings. The van der Waals surface area contributed by atoms with Crippen molar-refractivity contribution < 1.29 is 8.78 Å². The Bertz CT molecular complexity index is 743. The summed E-state index contributed by atoms with van der Waals surface area (Å²) in [5, 5.41) is 8.90. The number of benzene rings is 1. The highest BCUT2D eigenvalue weighted by molar-refractivity contribution is 5.19. The molecule has 1 aromatic carbocycles. The molecule has 0 aliphatic carbocycles. The normalized spacial score (nSPS) is 21.8. The monoisotopic (exact) mass is 346 g/mol. The first-order valence-electron chi connectivity index (χ1n) is 9.29. The molecule has 3 heterocycles. The van der Waals surface area contributed by atoms with Crippen molar-refractivity contribution >= 4 is 0 Å². The summed E-state index contributed by atoms with van der Waals surface area (Å²) in [7, 11) is 0. The predicted molar refractivity (Wildman–Crippen MR) is 91.2 cm³/mol. The molecule has 1 fully saturated rings. The van der Waals surface area contributed by atoms with Crippen LogP contribution < -0.4 is 0 Å². The lowest BCUT2D eigenvalue weighted by atomic mass is 9.96. The second kappa shape index (κ2) is 7.20. The second-order valence-electron chi connectivity index (χ2n) is 7.22. The Hall–Kier alpha value is -1.82. The van der Waals surface area contributed by atoms with Crippen LogP contribution in [0.5, 0.6) is 0 Å². The summed E-state index contributed by atoms with van der Waals surface area (Å²) in [6.45, 7) is 3.19. The van der Waals surface area contributed by atoms with E-state index < -0.39 is 11.6 Å². The third kappa shape index (κ3) is 3.45. The Morgan fingerprint density at radius 3 is 2.88 bits per heavy atom. The molecule has 2 aromatic rings. The van der Waals surface area contributed by atoms with Gasteiger partial charge in [-0.05, 0) is 38.3 Å². The van der Waals surface area contributed by atoms with E-state index in [1.165, 1.54) is 25.3 Å². The minimum absolute atomic E-state index is 0.324. The SMILES string of the molecule is Fc1cccc(CN2CCCC(c3nnc4n3CCCCC4)C2)c1F. The first-order valence-corrected chi connectivity index (χ1v) is 9.29. The molecule has 6 heteroatoms. The lowest BCUT2D eigenvalue weighted by Gasteiger charge is -2.32. The van der Waals surface area contributed by atoms with Crippen LogP contribution in [0.4, 0.5) is 8.78 Å². The van der Waals surface area contributed by atoms with Gasteiger partial charge in [0.2, 0.25) is 0 Å². The van der Waals surface area contributed by atoms with Crippen molar-refractivity contribution in [3.8, 4) is 0 Å². The lowest BCUT2D eigenvalue weighted by molar-refractivity contribution is 0.191. The van der Waals surface area contributed by atoms with E-state index in [1.54, 1.807) is 12.1 Å². The van der Waals surface area contributed by atoms with Crippen molar-refractivity contribution in [3.05, 3.63) is 47.0 Å². The van der Waals surface area contributed by atoms with E-state index in [4.69, 9.17) is 0 Å². The molecule has 1 unspecified atom stereocenters. The van der Waals surface area contributed by atoms with Crippen molar-refractivity contribution in [2.75, 3.05) is 13.1 Å². The van der Waals surface area contributed by atoms with Crippen LogP contribution in [0.25, 0.3) is 0 Å². The van der Waals surface area contributed by atoms with Crippen LogP contribution in [-0.2, 0) is 19.5 Å². The standard InChI is InChI=1S/C19H24F2N4/c20-16-8-4-6-14(18(16)21)12-24-10-5-7-15(13-24)19-23-22-17-9-2-1-3-11-25(17)19/h4,6,8,15H,1-3,5,7,9-13H2. The molecule has 0 radical (unpaired) electrons. The number of piperidine rings is 1. The number of likely N-dealkylation sites (tertiary alicyclic amines) is 1. The molecule has 4 nitrogen and oxygen atoms in total. The van der Waals surface area contributed by atoms with E-state index >= 15 is 0 Å². The highest BCUT2D eigenvalue weighted by atomic mass is 19.2. The zero-order valence-electron chi connectivity index (χ0n) is 14.4. The Morgan fingerprint density at radius 2 is 1.96 bits per heavy atom. The lowest BCUT2D eigenvalue weighted by Crippen LogP contribution is -2.35. The van der Waals surface area contributed by atoms with Crippen LogP contribution in [0.3, 0.4) is 0 Å². The quantitative estimate of drug-likeness (QED) is 0.850. The van der Waals surface area contributed by atoms with Crippen molar-refractivity contribution in [2.24, 2.45) is 0 Å². The van der Waals surface area contributed by atoms with Crippen molar-refractivity contribution in [3.63, 3.8) is 0 Å². The minimum atomic E-state index is -0.770. The van der Waals surface area contributed by atoms with Gasteiger partial charge in [-0.3, -0.25) is 4.90 Å². The minimum Gasteiger partial charge on any atom is -0.315 e. The fourth-order valence-corrected chi connectivity index (χ4v) is 4.13. The van der Waals surface area contributed by atoms with Gasteiger partial charge in [-0.2, -0.15) is 0 Å². The van der Waals surface area contributed by atoms with E-state index in [9.17, 15) is 8.78 Å². The average molecular weight is 346 g/mol. The zero-order chi connectivity index (χ0) is 17.2. The van der Waals surface area contributed by atoms with Crippen molar-refractivity contribution in [1.29, 1.82) is 0 Å². The molecule has 0 saturated carbocycles. The molecule has 2 aliphatic heterocycles. The van der Waals surface area contributed by atoms with Gasteiger partial charge in [-0.1, -0.05) is 18.6 Å². The maximum atomic E-state index is 14.0. The smallest absolute Gasteiger partial charge is 0.163 e. The van der Waals surface area contributed by atoms with Crippen LogP contribution in [0.2, 0.25) is 0 Å². The molecule has 1 saturated heterocycles. The van der Waals surface area contributed by atoms with Gasteiger partial charge in [0.1, 0.15) is 11.6 Å². The summed E-state index contributed by atoms with van der Waals surface area (Å²) in [5.41, 5.74) is 0.431. The maximum absolute atomic E-state index is 14.0. The molecule has 4 rings (SSSR count). The number of fused-ring (bicyclic) bond motifs is 1. The Balaban J connectivity index is 1.50. The van der Waals surface area contributed by atoms with Crippen molar-refractivity contribution in [2.45, 2.75) is 57.5 Å². The van der Waals surface area contributed by atoms with Crippen molar-refractivity contribution in [1.82, 2.24) is 19.7 Å². The molecule has 0 N–H and O–H groups in total. The summed E-state index contributed by atoms with van der Waals surface area (Å²) in [5.74, 6) is 1.03. The molecule has 25 heavy (non-hydrogen) atoms. The number of hydrogen-bond donors (Lipinski definition) is 0. The third-order valence-electron chi connectivity index (χ3n) is 5.43. The largest absolute Gasteiger partial charge is 0.315 e. The number of rotatable bonds is 3. The fourth-order valence-electron chi connectivity index (χ4n) is 4.13. The molecular weight excluding hydrogens is 322 g/mol. The van der Waals surface area contributed by atoms with Gasteiger partial charge in [0.15, 0.2) is 11.6 Å². The van der Waals surface area contributed by atoms with Gasteiger partial charge in [0.05, 0.1) is 0 Å². The van der Waals surface area contributed by atoms with Crippen LogP contribution in [0, 0.1) is 11.6 Å². The van der Waals surface area contributed by atoms with Crippen LogP contribution in [0.1, 0.15) is 55.2 Å². The van der Waals surface area contributed by atoms with E-state index in [2.05, 4.69) is 19.7 Å². The van der Waals surface area contributed by atoms with Gasteiger partial charge in [-0.15, -0.1) is 10.2 Å². The molecule has 0 amide bonds. The number of aromatic nitrogens is 3. The van der Waals surface area contributed by atoms with E-state index in [1.807, 2.05) is 0 Å². The Kier molecular flexibility index (Phi) is 4.79. The average Bonchev–Trinajstić information content (AvgIpc) is 2.88. The molecule has 0 bridgehead atoms. The van der Waals surface area contributed by atoms with Gasteiger partial charge >= 0.3 is 0 Å². The Labute approximate surface area is 146 Å². The van der Waals surface area contributed by atoms with Crippen LogP contribution in [0.15, 0.2) is 18.2 Å². The topological polar surface area (TPSA) is 34.0 Å². The summed E-state index contributed by atoms with van der Waals surface area (Å²) < 4.78 is 29.7. The first kappa shape index (κ1) is 16.6. The van der Waals surface area contributed by atoms with E-state index in [-0.39, 0.29) is 0 Å². The van der Waals surface area contributed by atoms with Gasteiger partial charge < -0.3 is 4.57 Å². The summed E-state index contributed by atoms with van der Waals surface area (Å²) in [6.07, 6.45) is 6.76. The summed E-state index contributed by atoms with van der Waals surface area (Å²) >= 11 is 0. The third-order valence-corrected chi connectivity index (χ3v) is 5.43. The number of aryl methyl sites for hydroxylation is 1. The van der Waals surface area contributed by atoms with E-state index in [0.29, 0.717) is 18.0 Å². The van der Waals surface area contributed by atoms with Crippen LogP contribution in [-0.4, -0.2) is 32.8 Å². The fraction of sp³-hybridized carbons (Fsp3) is 0.579. The molecule has 1 atom stereocenters. The van der Waals surface area contributed by atoms with Gasteiger partial charge in [-0.25, -0.2) is 8.78 Å². The highest BCUT2D eigenvalue weighted by Gasteiger charge is 2.27. The number of halogens is 2. The number of nitrogens with zero attached hydrogens (tertiary/aromatic N) is 4. The summed E-state index contributed by atoms with van der Waals surface area (Å²) in [4.78, 5) is 2.21. The second-order valence-corrected chi connectivity index (χ2v) is 7.22. The zero-order valence-corrected chi connectivity index (χ0v) is 14.4. The molecule has 134 valence electrons. The Morgan fingerprint density at radius 1 is 1.04 bits per heavy atom. The summed E-state index contributed by atoms with van der Waals surface area (Å²) in [6, 6.07) is 4.42. The van der Waals surface area contributed by atoms with Crippen LogP contribution >= 0.6 is 0 Å². The highest BCUT2D eigenvalue weighted by Crippen LogP contribution is 2.29. The van der Waals surface area contributed by atoms with Gasteiger partial charge in [0.25, 0.3) is 0 Å². The predicted octanol–water partition coefficient (Wildman–Crippen LogP) is 3.66. The first-order chi connectivity index (χ1) is 12.2. The van der Waals surface area contributed by atoms with Gasteiger partial charge in [0, 0.05) is 37.5 Å².